The lowest BCUT2D eigenvalue weighted by Gasteiger charge is -2.08. The summed E-state index contributed by atoms with van der Waals surface area (Å²) in [6.07, 6.45) is 0.849. The second-order valence-electron chi connectivity index (χ2n) is 6.27. The number of anilines is 1. The van der Waals surface area contributed by atoms with Gasteiger partial charge in [-0.3, -0.25) is 4.79 Å². The van der Waals surface area contributed by atoms with Crippen molar-refractivity contribution >= 4 is 33.1 Å². The minimum absolute atomic E-state index is 0.137. The number of amides is 1. The molecule has 0 bridgehead atoms. The monoisotopic (exact) mass is 379 g/mol. The van der Waals surface area contributed by atoms with Crippen molar-refractivity contribution in [2.75, 3.05) is 5.32 Å². The molecule has 0 saturated heterocycles. The van der Waals surface area contributed by atoms with Gasteiger partial charge in [0.05, 0.1) is 16.3 Å². The SMILES string of the molecule is CCc1ccccc1NC(=O)c1cc2c(C)nn(-c3ccc(F)cc3)c2s1. The molecule has 0 atom stereocenters. The van der Waals surface area contributed by atoms with Crippen LogP contribution in [-0.2, 0) is 6.42 Å². The number of aromatic nitrogens is 2. The molecule has 4 rings (SSSR count). The molecule has 1 amide bonds. The van der Waals surface area contributed by atoms with E-state index in [1.165, 1.54) is 23.5 Å². The summed E-state index contributed by atoms with van der Waals surface area (Å²) in [4.78, 5) is 14.3. The molecule has 0 fully saturated rings. The zero-order valence-electron chi connectivity index (χ0n) is 15.0. The van der Waals surface area contributed by atoms with E-state index in [2.05, 4.69) is 17.3 Å². The smallest absolute Gasteiger partial charge is 0.265 e. The molecule has 136 valence electrons. The van der Waals surface area contributed by atoms with Gasteiger partial charge in [-0.2, -0.15) is 5.10 Å². The first-order valence-corrected chi connectivity index (χ1v) is 9.53. The molecule has 0 aliphatic heterocycles. The van der Waals surface area contributed by atoms with Gasteiger partial charge in [0.1, 0.15) is 10.6 Å². The highest BCUT2D eigenvalue weighted by molar-refractivity contribution is 7.20. The Morgan fingerprint density at radius 1 is 1.19 bits per heavy atom. The van der Waals surface area contributed by atoms with Gasteiger partial charge in [0.15, 0.2) is 0 Å². The second-order valence-corrected chi connectivity index (χ2v) is 7.30. The third-order valence-electron chi connectivity index (χ3n) is 4.49. The van der Waals surface area contributed by atoms with Crippen molar-refractivity contribution in [2.45, 2.75) is 20.3 Å². The van der Waals surface area contributed by atoms with Crippen molar-refractivity contribution in [2.24, 2.45) is 0 Å². The minimum atomic E-state index is -0.292. The van der Waals surface area contributed by atoms with Gasteiger partial charge < -0.3 is 5.32 Å². The van der Waals surface area contributed by atoms with E-state index in [1.807, 2.05) is 37.3 Å². The summed E-state index contributed by atoms with van der Waals surface area (Å²) in [6.45, 7) is 3.97. The third-order valence-corrected chi connectivity index (χ3v) is 5.60. The number of benzene rings is 2. The van der Waals surface area contributed by atoms with Crippen molar-refractivity contribution in [3.63, 3.8) is 0 Å². The molecular formula is C21H18FN3OS. The van der Waals surface area contributed by atoms with Crippen molar-refractivity contribution in [3.8, 4) is 5.69 Å². The van der Waals surface area contributed by atoms with Crippen LogP contribution in [0.3, 0.4) is 0 Å². The summed E-state index contributed by atoms with van der Waals surface area (Å²) in [5, 5.41) is 8.47. The van der Waals surface area contributed by atoms with Gasteiger partial charge in [-0.15, -0.1) is 11.3 Å². The highest BCUT2D eigenvalue weighted by atomic mass is 32.1. The largest absolute Gasteiger partial charge is 0.321 e. The Hall–Kier alpha value is -2.99. The van der Waals surface area contributed by atoms with E-state index in [1.54, 1.807) is 16.8 Å². The van der Waals surface area contributed by atoms with E-state index in [9.17, 15) is 9.18 Å². The van der Waals surface area contributed by atoms with E-state index >= 15 is 0 Å². The Kier molecular flexibility index (Phi) is 4.49. The van der Waals surface area contributed by atoms with E-state index < -0.39 is 0 Å². The van der Waals surface area contributed by atoms with Gasteiger partial charge in [-0.1, -0.05) is 25.1 Å². The molecule has 0 aliphatic rings. The van der Waals surface area contributed by atoms with Crippen LogP contribution < -0.4 is 5.32 Å². The first kappa shape index (κ1) is 17.4. The molecule has 0 unspecified atom stereocenters. The summed E-state index contributed by atoms with van der Waals surface area (Å²) in [5.41, 5.74) is 3.53. The number of nitrogens with one attached hydrogen (secondary N) is 1. The second kappa shape index (κ2) is 6.96. The van der Waals surface area contributed by atoms with Gasteiger partial charge in [0.2, 0.25) is 0 Å². The Balaban J connectivity index is 1.70. The number of rotatable bonds is 4. The molecule has 2 aromatic heterocycles. The van der Waals surface area contributed by atoms with Crippen LogP contribution >= 0.6 is 11.3 Å². The number of carbonyl (C=O) groups is 1. The number of para-hydroxylation sites is 1. The summed E-state index contributed by atoms with van der Waals surface area (Å²) in [5.74, 6) is -0.429. The highest BCUT2D eigenvalue weighted by Gasteiger charge is 2.18. The molecule has 0 aliphatic carbocycles. The first-order chi connectivity index (χ1) is 13.1. The Labute approximate surface area is 160 Å². The van der Waals surface area contributed by atoms with Crippen LogP contribution in [0.25, 0.3) is 15.9 Å². The van der Waals surface area contributed by atoms with Crippen LogP contribution in [0.15, 0.2) is 54.6 Å². The summed E-state index contributed by atoms with van der Waals surface area (Å²) >= 11 is 1.38. The topological polar surface area (TPSA) is 46.9 Å². The molecule has 0 saturated carbocycles. The number of halogens is 1. The summed E-state index contributed by atoms with van der Waals surface area (Å²) in [7, 11) is 0. The lowest BCUT2D eigenvalue weighted by molar-refractivity contribution is 0.103. The summed E-state index contributed by atoms with van der Waals surface area (Å²) < 4.78 is 15.0. The van der Waals surface area contributed by atoms with Gasteiger partial charge in [-0.05, 0) is 55.3 Å². The zero-order chi connectivity index (χ0) is 19.0. The fourth-order valence-electron chi connectivity index (χ4n) is 3.05. The number of aryl methyl sites for hydroxylation is 2. The standard InChI is InChI=1S/C21H18FN3OS/c1-3-14-6-4-5-7-18(14)23-20(26)19-12-17-13(2)24-25(21(17)27-19)16-10-8-15(22)9-11-16/h4-12H,3H2,1-2H3,(H,23,26). The Morgan fingerprint density at radius 3 is 2.67 bits per heavy atom. The zero-order valence-corrected chi connectivity index (χ0v) is 15.8. The third kappa shape index (κ3) is 3.24. The number of carbonyl (C=O) groups excluding carboxylic acids is 1. The van der Waals surface area contributed by atoms with Crippen LogP contribution in [0.4, 0.5) is 10.1 Å². The molecule has 2 aromatic carbocycles. The lowest BCUT2D eigenvalue weighted by Crippen LogP contribution is -2.11. The van der Waals surface area contributed by atoms with Gasteiger partial charge in [-0.25, -0.2) is 9.07 Å². The maximum Gasteiger partial charge on any atom is 0.265 e. The van der Waals surface area contributed by atoms with Crippen LogP contribution in [0.2, 0.25) is 0 Å². The van der Waals surface area contributed by atoms with E-state index in [0.29, 0.717) is 4.88 Å². The van der Waals surface area contributed by atoms with Crippen molar-refractivity contribution in [3.05, 3.63) is 76.5 Å². The van der Waals surface area contributed by atoms with Gasteiger partial charge in [0, 0.05) is 11.1 Å². The minimum Gasteiger partial charge on any atom is -0.321 e. The molecule has 6 heteroatoms. The van der Waals surface area contributed by atoms with Gasteiger partial charge >= 0.3 is 0 Å². The highest BCUT2D eigenvalue weighted by Crippen LogP contribution is 2.31. The van der Waals surface area contributed by atoms with Crippen LogP contribution in [0.5, 0.6) is 0 Å². The average molecular weight is 379 g/mol. The molecule has 4 nitrogen and oxygen atoms in total. The first-order valence-electron chi connectivity index (χ1n) is 8.71. The van der Waals surface area contributed by atoms with Crippen molar-refractivity contribution in [1.82, 2.24) is 9.78 Å². The predicted octanol–water partition coefficient (Wildman–Crippen LogP) is 5.35. The number of fused-ring (bicyclic) bond motifs is 1. The molecule has 0 radical (unpaired) electrons. The van der Waals surface area contributed by atoms with Gasteiger partial charge in [0.25, 0.3) is 5.91 Å². The molecular weight excluding hydrogens is 361 g/mol. The Morgan fingerprint density at radius 2 is 1.93 bits per heavy atom. The molecule has 1 N–H and O–H groups in total. The number of hydrogen-bond donors (Lipinski definition) is 1. The fraction of sp³-hybridized carbons (Fsp3) is 0.143. The quantitative estimate of drug-likeness (QED) is 0.520. The van der Waals surface area contributed by atoms with E-state index in [-0.39, 0.29) is 11.7 Å². The van der Waals surface area contributed by atoms with Crippen LogP contribution in [-0.4, -0.2) is 15.7 Å². The lowest BCUT2D eigenvalue weighted by atomic mass is 10.1. The molecule has 0 spiro atoms. The summed E-state index contributed by atoms with van der Waals surface area (Å²) in [6, 6.07) is 15.8. The Bertz CT molecular complexity index is 1130. The maximum atomic E-state index is 13.2. The normalized spacial score (nSPS) is 11.1. The van der Waals surface area contributed by atoms with Crippen LogP contribution in [0.1, 0.15) is 27.9 Å². The van der Waals surface area contributed by atoms with E-state index in [0.717, 1.165) is 39.3 Å². The number of thiophene rings is 1. The fourth-order valence-corrected chi connectivity index (χ4v) is 4.13. The molecule has 2 heterocycles. The number of nitrogens with zero attached hydrogens (tertiary/aromatic N) is 2. The maximum absolute atomic E-state index is 13.2. The van der Waals surface area contributed by atoms with Crippen molar-refractivity contribution < 1.29 is 9.18 Å². The predicted molar refractivity (Wildman–Crippen MR) is 107 cm³/mol. The van der Waals surface area contributed by atoms with Crippen LogP contribution in [0, 0.1) is 12.7 Å². The molecule has 4 aromatic rings. The van der Waals surface area contributed by atoms with E-state index in [4.69, 9.17) is 0 Å². The number of hydrogen-bond acceptors (Lipinski definition) is 3. The molecule has 27 heavy (non-hydrogen) atoms. The van der Waals surface area contributed by atoms with Crippen molar-refractivity contribution in [1.29, 1.82) is 0 Å². The average Bonchev–Trinajstić information content (AvgIpc) is 3.24.